The lowest BCUT2D eigenvalue weighted by Crippen LogP contribution is -2.31. The molecule has 1 aliphatic heterocycles. The molecule has 0 saturated carbocycles. The van der Waals surface area contributed by atoms with Crippen molar-refractivity contribution >= 4 is 17.5 Å². The first-order valence-electron chi connectivity index (χ1n) is 9.97. The first kappa shape index (κ1) is 19.3. The van der Waals surface area contributed by atoms with Gasteiger partial charge in [-0.05, 0) is 54.1 Å². The van der Waals surface area contributed by atoms with Crippen molar-refractivity contribution in [3.05, 3.63) is 88.7 Å². The van der Waals surface area contributed by atoms with Gasteiger partial charge in [0.2, 0.25) is 0 Å². The van der Waals surface area contributed by atoms with E-state index in [9.17, 15) is 4.79 Å². The van der Waals surface area contributed by atoms with Crippen LogP contribution in [0.15, 0.2) is 66.9 Å². The number of aromatic amines is 1. The van der Waals surface area contributed by atoms with Gasteiger partial charge in [0, 0.05) is 35.4 Å². The normalized spacial score (nSPS) is 12.9. The molecule has 0 unspecified atom stereocenters. The third-order valence-corrected chi connectivity index (χ3v) is 5.42. The second-order valence-electron chi connectivity index (χ2n) is 7.29. The van der Waals surface area contributed by atoms with E-state index in [4.69, 9.17) is 16.3 Å². The highest BCUT2D eigenvalue weighted by molar-refractivity contribution is 6.30. The minimum absolute atomic E-state index is 0.0489. The van der Waals surface area contributed by atoms with Crippen LogP contribution in [0.25, 0.3) is 22.8 Å². The zero-order chi connectivity index (χ0) is 21.2. The van der Waals surface area contributed by atoms with Gasteiger partial charge in [0.1, 0.15) is 12.4 Å². The summed E-state index contributed by atoms with van der Waals surface area (Å²) >= 11 is 5.92. The van der Waals surface area contributed by atoms with E-state index in [2.05, 4.69) is 20.3 Å². The smallest absolute Gasteiger partial charge is 0.253 e. The zero-order valence-electron chi connectivity index (χ0n) is 16.6. The molecule has 0 radical (unpaired) electrons. The molecule has 0 spiro atoms. The van der Waals surface area contributed by atoms with E-state index in [0.29, 0.717) is 29.6 Å². The SMILES string of the molecule is O=C1NCCc2[nH]c(-c3ccnc(-c4ccc(OCc5ccc(Cl)cc5)cc4)n3)cc21. The van der Waals surface area contributed by atoms with Crippen LogP contribution in [0.3, 0.4) is 0 Å². The molecule has 154 valence electrons. The molecule has 1 aliphatic rings. The highest BCUT2D eigenvalue weighted by atomic mass is 35.5. The number of rotatable bonds is 5. The van der Waals surface area contributed by atoms with Gasteiger partial charge in [-0.1, -0.05) is 23.7 Å². The van der Waals surface area contributed by atoms with Gasteiger partial charge in [0.05, 0.1) is 17.0 Å². The van der Waals surface area contributed by atoms with Crippen LogP contribution >= 0.6 is 11.6 Å². The van der Waals surface area contributed by atoms with Crippen LogP contribution in [0.2, 0.25) is 5.02 Å². The Morgan fingerprint density at radius 1 is 1.03 bits per heavy atom. The van der Waals surface area contributed by atoms with Crippen molar-refractivity contribution in [2.75, 3.05) is 6.54 Å². The minimum Gasteiger partial charge on any atom is -0.489 e. The Kier molecular flexibility index (Phi) is 5.14. The summed E-state index contributed by atoms with van der Waals surface area (Å²) in [6, 6.07) is 18.9. The van der Waals surface area contributed by atoms with Crippen molar-refractivity contribution in [3.63, 3.8) is 0 Å². The number of H-pyrrole nitrogens is 1. The van der Waals surface area contributed by atoms with E-state index in [0.717, 1.165) is 40.4 Å². The van der Waals surface area contributed by atoms with Crippen molar-refractivity contribution in [2.24, 2.45) is 0 Å². The molecule has 2 aromatic heterocycles. The summed E-state index contributed by atoms with van der Waals surface area (Å²) < 4.78 is 5.85. The molecule has 7 heteroatoms. The zero-order valence-corrected chi connectivity index (χ0v) is 17.3. The van der Waals surface area contributed by atoms with Crippen LogP contribution in [0, 0.1) is 0 Å². The first-order chi connectivity index (χ1) is 15.2. The Morgan fingerprint density at radius 3 is 2.61 bits per heavy atom. The Morgan fingerprint density at radius 2 is 1.84 bits per heavy atom. The highest BCUT2D eigenvalue weighted by Gasteiger charge is 2.20. The van der Waals surface area contributed by atoms with Gasteiger partial charge in [-0.2, -0.15) is 0 Å². The number of fused-ring (bicyclic) bond motifs is 1. The summed E-state index contributed by atoms with van der Waals surface area (Å²) in [6.07, 6.45) is 2.51. The largest absolute Gasteiger partial charge is 0.489 e. The number of carbonyl (C=O) groups excluding carboxylic acids is 1. The number of ether oxygens (including phenoxy) is 1. The lowest BCUT2D eigenvalue weighted by atomic mass is 10.1. The maximum absolute atomic E-state index is 12.0. The molecule has 0 atom stereocenters. The predicted molar refractivity (Wildman–Crippen MR) is 119 cm³/mol. The fourth-order valence-electron chi connectivity index (χ4n) is 3.53. The molecule has 4 aromatic rings. The topological polar surface area (TPSA) is 79.9 Å². The number of benzene rings is 2. The van der Waals surface area contributed by atoms with Gasteiger partial charge >= 0.3 is 0 Å². The number of amides is 1. The molecular formula is C24H19ClN4O2. The predicted octanol–water partition coefficient (Wildman–Crippen LogP) is 4.66. The number of aromatic nitrogens is 3. The molecule has 0 bridgehead atoms. The lowest BCUT2D eigenvalue weighted by Gasteiger charge is -2.10. The number of nitrogens with one attached hydrogen (secondary N) is 2. The van der Waals surface area contributed by atoms with E-state index in [1.165, 1.54) is 0 Å². The van der Waals surface area contributed by atoms with Crippen molar-refractivity contribution in [3.8, 4) is 28.5 Å². The van der Waals surface area contributed by atoms with Crippen LogP contribution in [0.5, 0.6) is 5.75 Å². The highest BCUT2D eigenvalue weighted by Crippen LogP contribution is 2.25. The molecule has 5 rings (SSSR count). The van der Waals surface area contributed by atoms with Gasteiger partial charge < -0.3 is 15.0 Å². The van der Waals surface area contributed by atoms with Gasteiger partial charge in [0.15, 0.2) is 5.82 Å². The average molecular weight is 431 g/mol. The Labute approximate surface area is 184 Å². The van der Waals surface area contributed by atoms with Crippen LogP contribution in [-0.2, 0) is 13.0 Å². The molecule has 3 heterocycles. The number of hydrogen-bond donors (Lipinski definition) is 2. The van der Waals surface area contributed by atoms with Crippen molar-refractivity contribution in [1.82, 2.24) is 20.3 Å². The van der Waals surface area contributed by atoms with Gasteiger partial charge in [-0.3, -0.25) is 4.79 Å². The molecule has 2 aromatic carbocycles. The molecular weight excluding hydrogens is 412 g/mol. The summed E-state index contributed by atoms with van der Waals surface area (Å²) in [5, 5.41) is 3.57. The van der Waals surface area contributed by atoms with Gasteiger partial charge in [-0.15, -0.1) is 0 Å². The molecule has 31 heavy (non-hydrogen) atoms. The van der Waals surface area contributed by atoms with Crippen molar-refractivity contribution < 1.29 is 9.53 Å². The summed E-state index contributed by atoms with van der Waals surface area (Å²) in [7, 11) is 0. The number of nitrogens with zero attached hydrogens (tertiary/aromatic N) is 2. The molecule has 2 N–H and O–H groups in total. The van der Waals surface area contributed by atoms with E-state index in [-0.39, 0.29) is 5.91 Å². The second kappa shape index (κ2) is 8.24. The van der Waals surface area contributed by atoms with Crippen LogP contribution in [0.4, 0.5) is 0 Å². The Hall–Kier alpha value is -3.64. The number of halogens is 1. The van der Waals surface area contributed by atoms with Crippen LogP contribution in [0.1, 0.15) is 21.6 Å². The maximum atomic E-state index is 12.0. The molecule has 0 saturated heterocycles. The van der Waals surface area contributed by atoms with Crippen LogP contribution < -0.4 is 10.1 Å². The van der Waals surface area contributed by atoms with E-state index >= 15 is 0 Å². The standard InChI is InChI=1S/C24H19ClN4O2/c25-17-5-1-15(2-6-17)14-31-18-7-3-16(4-8-18)23-26-11-10-21(29-23)22-13-19-20(28-22)9-12-27-24(19)30/h1-8,10-11,13,28H,9,12,14H2,(H,27,30). The molecule has 0 aliphatic carbocycles. The lowest BCUT2D eigenvalue weighted by molar-refractivity contribution is 0.0946. The third-order valence-electron chi connectivity index (χ3n) is 5.17. The summed E-state index contributed by atoms with van der Waals surface area (Å²) in [4.78, 5) is 24.4. The van der Waals surface area contributed by atoms with Gasteiger partial charge in [0.25, 0.3) is 5.91 Å². The summed E-state index contributed by atoms with van der Waals surface area (Å²) in [6.45, 7) is 1.11. The fourth-order valence-corrected chi connectivity index (χ4v) is 3.65. The monoisotopic (exact) mass is 430 g/mol. The fraction of sp³-hybridized carbons (Fsp3) is 0.125. The molecule has 1 amide bonds. The summed E-state index contributed by atoms with van der Waals surface area (Å²) in [5.41, 5.74) is 5.12. The quantitative estimate of drug-likeness (QED) is 0.482. The summed E-state index contributed by atoms with van der Waals surface area (Å²) in [5.74, 6) is 1.32. The molecule has 6 nitrogen and oxygen atoms in total. The first-order valence-corrected chi connectivity index (χ1v) is 10.3. The third kappa shape index (κ3) is 4.15. The van der Waals surface area contributed by atoms with E-state index < -0.39 is 0 Å². The number of hydrogen-bond acceptors (Lipinski definition) is 4. The van der Waals surface area contributed by atoms with Crippen molar-refractivity contribution in [1.29, 1.82) is 0 Å². The second-order valence-corrected chi connectivity index (χ2v) is 7.72. The Balaban J connectivity index is 1.33. The van der Waals surface area contributed by atoms with E-state index in [1.807, 2.05) is 60.7 Å². The van der Waals surface area contributed by atoms with E-state index in [1.54, 1.807) is 6.20 Å². The van der Waals surface area contributed by atoms with Gasteiger partial charge in [-0.25, -0.2) is 9.97 Å². The van der Waals surface area contributed by atoms with Crippen molar-refractivity contribution in [2.45, 2.75) is 13.0 Å². The minimum atomic E-state index is -0.0489. The average Bonchev–Trinajstić information content (AvgIpc) is 3.25. The maximum Gasteiger partial charge on any atom is 0.253 e. The molecule has 0 fully saturated rings. The van der Waals surface area contributed by atoms with Crippen LogP contribution in [-0.4, -0.2) is 27.4 Å². The Bertz CT molecular complexity index is 1230. The number of carbonyl (C=O) groups is 1.